The summed E-state index contributed by atoms with van der Waals surface area (Å²) < 4.78 is 3.50. The fraction of sp³-hybridized carbons (Fsp3) is 0.462. The van der Waals surface area contributed by atoms with Gasteiger partial charge in [-0.25, -0.2) is 4.98 Å². The second-order valence-electron chi connectivity index (χ2n) is 4.66. The zero-order valence-electron chi connectivity index (χ0n) is 9.91. The van der Waals surface area contributed by atoms with Crippen molar-refractivity contribution in [2.75, 3.05) is 13.1 Å². The average molecular weight is 294 g/mol. The Balaban J connectivity index is 2.13. The van der Waals surface area contributed by atoms with Crippen molar-refractivity contribution >= 4 is 27.0 Å². The molecule has 0 radical (unpaired) electrons. The van der Waals surface area contributed by atoms with Gasteiger partial charge in [0.2, 0.25) is 0 Å². The van der Waals surface area contributed by atoms with Crippen LogP contribution in [0.15, 0.2) is 22.7 Å². The molecule has 1 unspecified atom stereocenters. The maximum absolute atomic E-state index is 4.64. The largest absolute Gasteiger partial charge is 0.324 e. The molecule has 1 aliphatic rings. The van der Waals surface area contributed by atoms with Crippen molar-refractivity contribution < 1.29 is 0 Å². The molecule has 0 spiro atoms. The lowest BCUT2D eigenvalue weighted by molar-refractivity contribution is 0.373. The van der Waals surface area contributed by atoms with Gasteiger partial charge in [0.1, 0.15) is 5.82 Å². The van der Waals surface area contributed by atoms with E-state index in [0.717, 1.165) is 28.9 Å². The Hall–Kier alpha value is -0.870. The molecule has 2 heterocycles. The number of nitrogens with zero attached hydrogens (tertiary/aromatic N) is 2. The Morgan fingerprint density at radius 1 is 1.47 bits per heavy atom. The van der Waals surface area contributed by atoms with Gasteiger partial charge in [-0.2, -0.15) is 0 Å². The van der Waals surface area contributed by atoms with E-state index in [1.54, 1.807) is 0 Å². The number of hydrogen-bond acceptors (Lipinski definition) is 2. The quantitative estimate of drug-likeness (QED) is 0.876. The Bertz CT molecular complexity index is 541. The molecule has 3 rings (SSSR count). The number of fused-ring (bicyclic) bond motifs is 1. The lowest BCUT2D eigenvalue weighted by Gasteiger charge is -2.25. The summed E-state index contributed by atoms with van der Waals surface area (Å²) >= 11 is 3.54. The normalized spacial score (nSPS) is 20.9. The van der Waals surface area contributed by atoms with E-state index in [4.69, 9.17) is 0 Å². The molecule has 1 aromatic carbocycles. The maximum Gasteiger partial charge on any atom is 0.107 e. The first kappa shape index (κ1) is 11.2. The first-order valence-corrected chi connectivity index (χ1v) is 6.90. The van der Waals surface area contributed by atoms with E-state index in [0.29, 0.717) is 6.04 Å². The van der Waals surface area contributed by atoms with Gasteiger partial charge in [-0.05, 0) is 44.5 Å². The molecule has 4 heteroatoms. The van der Waals surface area contributed by atoms with Crippen LogP contribution in [-0.2, 0) is 0 Å². The first-order valence-electron chi connectivity index (χ1n) is 6.10. The Labute approximate surface area is 109 Å². The van der Waals surface area contributed by atoms with Crippen molar-refractivity contribution in [3.05, 3.63) is 28.5 Å². The summed E-state index contributed by atoms with van der Waals surface area (Å²) in [6, 6.07) is 6.85. The van der Waals surface area contributed by atoms with Gasteiger partial charge < -0.3 is 9.88 Å². The van der Waals surface area contributed by atoms with Crippen LogP contribution in [0.25, 0.3) is 11.0 Å². The van der Waals surface area contributed by atoms with E-state index in [1.165, 1.54) is 18.4 Å². The third-order valence-corrected chi connectivity index (χ3v) is 3.96. The average Bonchev–Trinajstić information content (AvgIpc) is 2.65. The molecule has 0 aliphatic carbocycles. The second kappa shape index (κ2) is 4.42. The van der Waals surface area contributed by atoms with E-state index in [2.05, 4.69) is 55.9 Å². The van der Waals surface area contributed by atoms with E-state index in [9.17, 15) is 0 Å². The number of hydrogen-bond donors (Lipinski definition) is 1. The van der Waals surface area contributed by atoms with E-state index < -0.39 is 0 Å². The van der Waals surface area contributed by atoms with Crippen molar-refractivity contribution in [3.8, 4) is 0 Å². The van der Waals surface area contributed by atoms with Crippen LogP contribution in [0.4, 0.5) is 0 Å². The van der Waals surface area contributed by atoms with E-state index in [1.807, 2.05) is 0 Å². The van der Waals surface area contributed by atoms with Crippen LogP contribution in [-0.4, -0.2) is 22.6 Å². The standard InChI is InChI=1S/C13H16BrN3/c1-9-16-12-5-4-10(14)7-13(12)17(9)11-3-2-6-15-8-11/h4-5,7,11,15H,2-3,6,8H2,1H3. The number of aromatic nitrogens is 2. The molecular formula is C13H16BrN3. The Morgan fingerprint density at radius 2 is 2.35 bits per heavy atom. The smallest absolute Gasteiger partial charge is 0.107 e. The fourth-order valence-electron chi connectivity index (χ4n) is 2.70. The number of piperidine rings is 1. The highest BCUT2D eigenvalue weighted by atomic mass is 79.9. The highest BCUT2D eigenvalue weighted by molar-refractivity contribution is 9.10. The third-order valence-electron chi connectivity index (χ3n) is 3.46. The summed E-state index contributed by atoms with van der Waals surface area (Å²) in [6.45, 7) is 4.30. The second-order valence-corrected chi connectivity index (χ2v) is 5.58. The first-order chi connectivity index (χ1) is 8.25. The summed E-state index contributed by atoms with van der Waals surface area (Å²) in [4.78, 5) is 4.64. The Kier molecular flexibility index (Phi) is 2.92. The van der Waals surface area contributed by atoms with Crippen LogP contribution in [0.2, 0.25) is 0 Å². The molecule has 1 aliphatic heterocycles. The van der Waals surface area contributed by atoms with Gasteiger partial charge in [-0.15, -0.1) is 0 Å². The van der Waals surface area contributed by atoms with Gasteiger partial charge in [0.05, 0.1) is 11.0 Å². The molecule has 17 heavy (non-hydrogen) atoms. The third kappa shape index (κ3) is 2.00. The molecule has 1 aromatic heterocycles. The molecule has 0 bridgehead atoms. The number of imidazole rings is 1. The lowest BCUT2D eigenvalue weighted by Crippen LogP contribution is -2.32. The molecule has 3 nitrogen and oxygen atoms in total. The van der Waals surface area contributed by atoms with Crippen LogP contribution >= 0.6 is 15.9 Å². The predicted octanol–water partition coefficient (Wildman–Crippen LogP) is 3.03. The van der Waals surface area contributed by atoms with Crippen molar-refractivity contribution in [3.63, 3.8) is 0 Å². The molecule has 1 atom stereocenters. The van der Waals surface area contributed by atoms with Crippen molar-refractivity contribution in [2.24, 2.45) is 0 Å². The molecule has 90 valence electrons. The van der Waals surface area contributed by atoms with Gasteiger partial charge in [-0.3, -0.25) is 0 Å². The topological polar surface area (TPSA) is 29.9 Å². The minimum atomic E-state index is 0.544. The van der Waals surface area contributed by atoms with Crippen molar-refractivity contribution in [2.45, 2.75) is 25.8 Å². The maximum atomic E-state index is 4.64. The monoisotopic (exact) mass is 293 g/mol. The van der Waals surface area contributed by atoms with Crippen LogP contribution < -0.4 is 5.32 Å². The van der Waals surface area contributed by atoms with Crippen molar-refractivity contribution in [1.82, 2.24) is 14.9 Å². The molecule has 0 saturated carbocycles. The SMILES string of the molecule is Cc1nc2ccc(Br)cc2n1C1CCCNC1. The molecule has 1 N–H and O–H groups in total. The molecular weight excluding hydrogens is 278 g/mol. The summed E-state index contributed by atoms with van der Waals surface area (Å²) in [6.07, 6.45) is 2.49. The zero-order chi connectivity index (χ0) is 11.8. The number of benzene rings is 1. The summed E-state index contributed by atoms with van der Waals surface area (Å²) in [5, 5.41) is 3.47. The summed E-state index contributed by atoms with van der Waals surface area (Å²) in [5.41, 5.74) is 2.34. The number of nitrogens with one attached hydrogen (secondary N) is 1. The van der Waals surface area contributed by atoms with E-state index >= 15 is 0 Å². The summed E-state index contributed by atoms with van der Waals surface area (Å²) in [7, 11) is 0. The lowest BCUT2D eigenvalue weighted by atomic mass is 10.1. The molecule has 0 amide bonds. The zero-order valence-corrected chi connectivity index (χ0v) is 11.5. The van der Waals surface area contributed by atoms with Crippen LogP contribution in [0.3, 0.4) is 0 Å². The summed E-state index contributed by atoms with van der Waals surface area (Å²) in [5.74, 6) is 1.12. The van der Waals surface area contributed by atoms with Crippen LogP contribution in [0, 0.1) is 6.92 Å². The highest BCUT2D eigenvalue weighted by Gasteiger charge is 2.19. The predicted molar refractivity (Wildman–Crippen MR) is 73.3 cm³/mol. The Morgan fingerprint density at radius 3 is 3.12 bits per heavy atom. The highest BCUT2D eigenvalue weighted by Crippen LogP contribution is 2.27. The van der Waals surface area contributed by atoms with Gasteiger partial charge >= 0.3 is 0 Å². The molecule has 1 saturated heterocycles. The minimum absolute atomic E-state index is 0.544. The van der Waals surface area contributed by atoms with Crippen molar-refractivity contribution in [1.29, 1.82) is 0 Å². The molecule has 1 fully saturated rings. The van der Waals surface area contributed by atoms with Crippen LogP contribution in [0.5, 0.6) is 0 Å². The number of rotatable bonds is 1. The van der Waals surface area contributed by atoms with Gasteiger partial charge in [0.15, 0.2) is 0 Å². The number of halogens is 1. The van der Waals surface area contributed by atoms with E-state index in [-0.39, 0.29) is 0 Å². The van der Waals surface area contributed by atoms with Gasteiger partial charge in [-0.1, -0.05) is 15.9 Å². The van der Waals surface area contributed by atoms with Crippen LogP contribution in [0.1, 0.15) is 24.7 Å². The fourth-order valence-corrected chi connectivity index (χ4v) is 3.05. The minimum Gasteiger partial charge on any atom is -0.324 e. The molecule has 2 aromatic rings. The van der Waals surface area contributed by atoms with Gasteiger partial charge in [0, 0.05) is 17.1 Å². The number of aryl methyl sites for hydroxylation is 1. The van der Waals surface area contributed by atoms with Gasteiger partial charge in [0.25, 0.3) is 0 Å².